The number of nitrogens with one attached hydrogen (secondary N) is 1. The molecule has 0 aromatic heterocycles. The number of anilines is 2. The Morgan fingerprint density at radius 1 is 1.18 bits per heavy atom. The molecule has 0 aliphatic heterocycles. The predicted molar refractivity (Wildman–Crippen MR) is 87.2 cm³/mol. The van der Waals surface area contributed by atoms with Gasteiger partial charge in [0.1, 0.15) is 11.5 Å². The molecule has 0 bridgehead atoms. The van der Waals surface area contributed by atoms with E-state index in [0.29, 0.717) is 23.7 Å². The van der Waals surface area contributed by atoms with Gasteiger partial charge in [-0.15, -0.1) is 0 Å². The maximum atomic E-state index is 12.1. The lowest BCUT2D eigenvalue weighted by Crippen LogP contribution is -2.30. The van der Waals surface area contributed by atoms with E-state index in [9.17, 15) is 4.79 Å². The Labute approximate surface area is 130 Å². The summed E-state index contributed by atoms with van der Waals surface area (Å²) in [5.74, 6) is 1.02. The average Bonchev–Trinajstić information content (AvgIpc) is 2.51. The van der Waals surface area contributed by atoms with Crippen molar-refractivity contribution in [2.45, 2.75) is 20.0 Å². The molecule has 5 heteroatoms. The first kappa shape index (κ1) is 15.7. The van der Waals surface area contributed by atoms with Gasteiger partial charge in [0, 0.05) is 5.69 Å². The van der Waals surface area contributed by atoms with Crippen LogP contribution in [0.4, 0.5) is 11.4 Å². The molecule has 0 aliphatic rings. The van der Waals surface area contributed by atoms with Crippen molar-refractivity contribution < 1.29 is 14.3 Å². The standard InChI is InChI=1S/C17H20N2O3/c1-3-21-14-10-8-13(9-11-14)19-17(20)12(2)22-16-7-5-4-6-15(16)18/h4-12H,3,18H2,1-2H3,(H,19,20). The third-order valence-corrected chi connectivity index (χ3v) is 3.02. The molecule has 0 aliphatic carbocycles. The molecule has 2 rings (SSSR count). The highest BCUT2D eigenvalue weighted by Crippen LogP contribution is 2.22. The third-order valence-electron chi connectivity index (χ3n) is 3.02. The van der Waals surface area contributed by atoms with E-state index in [1.807, 2.05) is 19.1 Å². The van der Waals surface area contributed by atoms with E-state index in [1.54, 1.807) is 43.3 Å². The van der Waals surface area contributed by atoms with Gasteiger partial charge in [-0.2, -0.15) is 0 Å². The Hall–Kier alpha value is -2.69. The van der Waals surface area contributed by atoms with Gasteiger partial charge >= 0.3 is 0 Å². The molecule has 0 fully saturated rings. The quantitative estimate of drug-likeness (QED) is 0.804. The van der Waals surface area contributed by atoms with Crippen LogP contribution in [0.2, 0.25) is 0 Å². The van der Waals surface area contributed by atoms with Gasteiger partial charge in [0.05, 0.1) is 12.3 Å². The molecule has 116 valence electrons. The minimum atomic E-state index is -0.656. The topological polar surface area (TPSA) is 73.6 Å². The van der Waals surface area contributed by atoms with Crippen LogP contribution in [0.3, 0.4) is 0 Å². The summed E-state index contributed by atoms with van der Waals surface area (Å²) in [6.07, 6.45) is -0.656. The van der Waals surface area contributed by atoms with Gasteiger partial charge in [0.15, 0.2) is 6.10 Å². The molecule has 0 saturated carbocycles. The summed E-state index contributed by atoms with van der Waals surface area (Å²) in [6.45, 7) is 4.20. The Morgan fingerprint density at radius 3 is 2.50 bits per heavy atom. The molecule has 0 saturated heterocycles. The van der Waals surface area contributed by atoms with Gasteiger partial charge in [0.25, 0.3) is 5.91 Å². The summed E-state index contributed by atoms with van der Waals surface area (Å²) in [6, 6.07) is 14.3. The molecule has 1 unspecified atom stereocenters. The monoisotopic (exact) mass is 300 g/mol. The Kier molecular flexibility index (Phi) is 5.25. The highest BCUT2D eigenvalue weighted by atomic mass is 16.5. The van der Waals surface area contributed by atoms with E-state index in [1.165, 1.54) is 0 Å². The normalized spacial score (nSPS) is 11.5. The van der Waals surface area contributed by atoms with Crippen LogP contribution in [0, 0.1) is 0 Å². The van der Waals surface area contributed by atoms with Crippen LogP contribution in [-0.4, -0.2) is 18.6 Å². The van der Waals surface area contributed by atoms with E-state index in [2.05, 4.69) is 5.32 Å². The van der Waals surface area contributed by atoms with Crippen molar-refractivity contribution in [2.75, 3.05) is 17.7 Å². The van der Waals surface area contributed by atoms with E-state index in [4.69, 9.17) is 15.2 Å². The number of hydrogen-bond donors (Lipinski definition) is 2. The summed E-state index contributed by atoms with van der Waals surface area (Å²) in [4.78, 5) is 12.1. The minimum Gasteiger partial charge on any atom is -0.494 e. The molecule has 22 heavy (non-hydrogen) atoms. The second-order valence-corrected chi connectivity index (χ2v) is 4.74. The zero-order chi connectivity index (χ0) is 15.9. The Balaban J connectivity index is 1.95. The molecule has 3 N–H and O–H groups in total. The predicted octanol–water partition coefficient (Wildman–Crippen LogP) is 3.07. The maximum Gasteiger partial charge on any atom is 0.265 e. The van der Waals surface area contributed by atoms with Crippen LogP contribution in [0.1, 0.15) is 13.8 Å². The maximum absolute atomic E-state index is 12.1. The zero-order valence-electron chi connectivity index (χ0n) is 12.7. The van der Waals surface area contributed by atoms with Gasteiger partial charge in [0.2, 0.25) is 0 Å². The van der Waals surface area contributed by atoms with Gasteiger partial charge in [-0.25, -0.2) is 0 Å². The van der Waals surface area contributed by atoms with Crippen molar-refractivity contribution in [1.29, 1.82) is 0 Å². The fraction of sp³-hybridized carbons (Fsp3) is 0.235. The van der Waals surface area contributed by atoms with Gasteiger partial charge in [-0.1, -0.05) is 12.1 Å². The lowest BCUT2D eigenvalue weighted by atomic mass is 10.2. The molecular formula is C17H20N2O3. The van der Waals surface area contributed by atoms with Crippen molar-refractivity contribution in [3.63, 3.8) is 0 Å². The number of para-hydroxylation sites is 2. The fourth-order valence-corrected chi connectivity index (χ4v) is 1.88. The van der Waals surface area contributed by atoms with Gasteiger partial charge < -0.3 is 20.5 Å². The summed E-state index contributed by atoms with van der Waals surface area (Å²) in [7, 11) is 0. The van der Waals surface area contributed by atoms with Crippen molar-refractivity contribution in [3.8, 4) is 11.5 Å². The van der Waals surface area contributed by atoms with Crippen LogP contribution >= 0.6 is 0 Å². The highest BCUT2D eigenvalue weighted by Gasteiger charge is 2.15. The first-order valence-corrected chi connectivity index (χ1v) is 7.15. The second kappa shape index (κ2) is 7.36. The Bertz CT molecular complexity index is 626. The van der Waals surface area contributed by atoms with E-state index >= 15 is 0 Å². The number of amides is 1. The van der Waals surface area contributed by atoms with Crippen molar-refractivity contribution in [3.05, 3.63) is 48.5 Å². The number of hydrogen-bond acceptors (Lipinski definition) is 4. The SMILES string of the molecule is CCOc1ccc(NC(=O)C(C)Oc2ccccc2N)cc1. The summed E-state index contributed by atoms with van der Waals surface area (Å²) in [5, 5.41) is 2.79. The third kappa shape index (κ3) is 4.15. The van der Waals surface area contributed by atoms with Crippen molar-refractivity contribution in [2.24, 2.45) is 0 Å². The number of ether oxygens (including phenoxy) is 2. The largest absolute Gasteiger partial charge is 0.494 e. The fourth-order valence-electron chi connectivity index (χ4n) is 1.88. The Morgan fingerprint density at radius 2 is 1.86 bits per heavy atom. The molecule has 2 aromatic carbocycles. The zero-order valence-corrected chi connectivity index (χ0v) is 12.7. The van der Waals surface area contributed by atoms with Crippen LogP contribution in [-0.2, 0) is 4.79 Å². The summed E-state index contributed by atoms with van der Waals surface area (Å²) >= 11 is 0. The summed E-state index contributed by atoms with van der Waals surface area (Å²) < 4.78 is 10.9. The molecule has 1 amide bonds. The number of benzene rings is 2. The number of carbonyl (C=O) groups is 1. The summed E-state index contributed by atoms with van der Waals surface area (Å²) in [5.41, 5.74) is 6.98. The first-order valence-electron chi connectivity index (χ1n) is 7.15. The van der Waals surface area contributed by atoms with Crippen molar-refractivity contribution in [1.82, 2.24) is 0 Å². The van der Waals surface area contributed by atoms with E-state index < -0.39 is 6.10 Å². The molecule has 5 nitrogen and oxygen atoms in total. The highest BCUT2D eigenvalue weighted by molar-refractivity contribution is 5.94. The number of nitrogen functional groups attached to an aromatic ring is 1. The molecule has 0 spiro atoms. The number of rotatable bonds is 6. The van der Waals surface area contributed by atoms with Gasteiger partial charge in [-0.3, -0.25) is 4.79 Å². The molecule has 0 heterocycles. The second-order valence-electron chi connectivity index (χ2n) is 4.74. The first-order chi connectivity index (χ1) is 10.6. The number of carbonyl (C=O) groups excluding carboxylic acids is 1. The average molecular weight is 300 g/mol. The van der Waals surface area contributed by atoms with Crippen LogP contribution in [0.15, 0.2) is 48.5 Å². The van der Waals surface area contributed by atoms with Crippen LogP contribution in [0.25, 0.3) is 0 Å². The smallest absolute Gasteiger partial charge is 0.265 e. The van der Waals surface area contributed by atoms with Gasteiger partial charge in [-0.05, 0) is 50.2 Å². The van der Waals surface area contributed by atoms with Crippen LogP contribution < -0.4 is 20.5 Å². The molecular weight excluding hydrogens is 280 g/mol. The lowest BCUT2D eigenvalue weighted by molar-refractivity contribution is -0.122. The van der Waals surface area contributed by atoms with Crippen LogP contribution in [0.5, 0.6) is 11.5 Å². The van der Waals surface area contributed by atoms with E-state index in [-0.39, 0.29) is 5.91 Å². The number of nitrogens with two attached hydrogens (primary N) is 1. The molecule has 1 atom stereocenters. The van der Waals surface area contributed by atoms with E-state index in [0.717, 1.165) is 5.75 Å². The lowest BCUT2D eigenvalue weighted by Gasteiger charge is -2.16. The molecule has 0 radical (unpaired) electrons. The minimum absolute atomic E-state index is 0.243. The molecule has 2 aromatic rings. The van der Waals surface area contributed by atoms with Crippen molar-refractivity contribution >= 4 is 17.3 Å².